The monoisotopic (exact) mass is 300 g/mol. The number of methoxy groups -OCH3 is 1. The van der Waals surface area contributed by atoms with E-state index in [0.717, 1.165) is 26.8 Å². The van der Waals surface area contributed by atoms with Crippen LogP contribution < -0.4 is 0 Å². The summed E-state index contributed by atoms with van der Waals surface area (Å²) >= 11 is 3.32. The maximum absolute atomic E-state index is 6.02. The molecule has 0 unspecified atom stereocenters. The van der Waals surface area contributed by atoms with Crippen LogP contribution in [-0.2, 0) is 4.74 Å². The molecule has 0 aromatic carbocycles. The largest absolute Gasteiger partial charge is 0.596 e. The van der Waals surface area contributed by atoms with Gasteiger partial charge in [-0.3, -0.25) is 0 Å². The van der Waals surface area contributed by atoms with E-state index in [1.807, 2.05) is 41.1 Å². The fourth-order valence-corrected chi connectivity index (χ4v) is 3.17. The molecule has 0 fully saturated rings. The molecular formula is C16H12O2S2. The molecule has 0 aliphatic heterocycles. The van der Waals surface area contributed by atoms with Crippen LogP contribution in [0.15, 0.2) is 51.6 Å². The van der Waals surface area contributed by atoms with E-state index in [0.29, 0.717) is 0 Å². The van der Waals surface area contributed by atoms with Gasteiger partial charge in [-0.2, -0.15) is 11.6 Å². The molecule has 3 rings (SSSR count). The predicted octanol–water partition coefficient (Wildman–Crippen LogP) is 5.44. The minimum absolute atomic E-state index is 0.857. The molecule has 0 atom stereocenters. The number of ether oxygens (including phenoxy) is 1. The average molecular weight is 300 g/mol. The Hall–Kier alpha value is -1.91. The molecule has 3 heterocycles. The maximum atomic E-state index is 6.02. The minimum atomic E-state index is 0.857. The predicted molar refractivity (Wildman–Crippen MR) is 84.5 cm³/mol. The van der Waals surface area contributed by atoms with Gasteiger partial charge < -0.3 is 4.74 Å². The Balaban J connectivity index is 2.10. The van der Waals surface area contributed by atoms with Crippen molar-refractivity contribution in [3.05, 3.63) is 59.0 Å². The summed E-state index contributed by atoms with van der Waals surface area (Å²) in [6.45, 7) is 0. The van der Waals surface area contributed by atoms with Crippen molar-refractivity contribution in [3.63, 3.8) is 0 Å². The molecule has 100 valence electrons. The third-order valence-electron chi connectivity index (χ3n) is 2.69. The molecule has 0 aliphatic rings. The Morgan fingerprint density at radius 1 is 1.05 bits per heavy atom. The number of hydrogen-bond acceptors (Lipinski definition) is 3. The first-order valence-electron chi connectivity index (χ1n) is 6.04. The molecule has 3 aromatic rings. The standard InChI is InChI=1S/C16H12O2S2/c1-17-7-6-12-10-13(15-4-2-8-19-15)18-14(11-12)16-5-3-9-20-16/h2-6,8-11H,1H3. The van der Waals surface area contributed by atoms with Gasteiger partial charge in [0, 0.05) is 0 Å². The Bertz CT molecular complexity index is 646. The third kappa shape index (κ3) is 2.81. The number of hydrogen-bond donors (Lipinski definition) is 0. The number of rotatable bonds is 4. The van der Waals surface area contributed by atoms with Crippen molar-refractivity contribution in [2.45, 2.75) is 0 Å². The summed E-state index contributed by atoms with van der Waals surface area (Å²) < 4.78 is 10.9. The summed E-state index contributed by atoms with van der Waals surface area (Å²) in [7, 11) is 1.59. The van der Waals surface area contributed by atoms with Gasteiger partial charge in [0.05, 0.1) is 7.11 Å². The van der Waals surface area contributed by atoms with Crippen molar-refractivity contribution in [1.29, 1.82) is 0 Å². The van der Waals surface area contributed by atoms with Crippen LogP contribution >= 0.6 is 22.7 Å². The van der Waals surface area contributed by atoms with Crippen LogP contribution in [0.5, 0.6) is 0 Å². The second-order valence-electron chi connectivity index (χ2n) is 4.04. The first-order valence-corrected chi connectivity index (χ1v) is 7.80. The van der Waals surface area contributed by atoms with E-state index in [1.165, 1.54) is 0 Å². The lowest BCUT2D eigenvalue weighted by molar-refractivity contribution is 0.316. The van der Waals surface area contributed by atoms with Crippen molar-refractivity contribution in [1.82, 2.24) is 0 Å². The second-order valence-corrected chi connectivity index (χ2v) is 5.94. The van der Waals surface area contributed by atoms with E-state index in [9.17, 15) is 0 Å². The Morgan fingerprint density at radius 2 is 1.65 bits per heavy atom. The van der Waals surface area contributed by atoms with E-state index in [-0.39, 0.29) is 0 Å². The molecule has 3 aromatic heterocycles. The summed E-state index contributed by atoms with van der Waals surface area (Å²) in [5.74, 6) is 1.71. The summed E-state index contributed by atoms with van der Waals surface area (Å²) in [5.41, 5.74) is 1.00. The molecule has 0 aliphatic carbocycles. The van der Waals surface area contributed by atoms with E-state index in [2.05, 4.69) is 18.4 Å². The molecule has 0 spiro atoms. The molecule has 0 saturated carbocycles. The SMILES string of the molecule is CO[C-]=Cc1cc(-c2cccs2)[o+]c(-c2cccs2)c1. The van der Waals surface area contributed by atoms with E-state index in [4.69, 9.17) is 9.15 Å². The zero-order valence-corrected chi connectivity index (χ0v) is 12.5. The Morgan fingerprint density at radius 3 is 2.10 bits per heavy atom. The highest BCUT2D eigenvalue weighted by Gasteiger charge is 2.17. The van der Waals surface area contributed by atoms with Gasteiger partial charge in [-0.1, -0.05) is 18.4 Å². The zero-order valence-electron chi connectivity index (χ0n) is 10.8. The lowest BCUT2D eigenvalue weighted by atomic mass is 10.2. The van der Waals surface area contributed by atoms with Gasteiger partial charge in [0.15, 0.2) is 0 Å². The van der Waals surface area contributed by atoms with E-state index < -0.39 is 0 Å². The normalized spacial score (nSPS) is 11.1. The minimum Gasteiger partial charge on any atom is -0.596 e. The Labute approximate surface area is 125 Å². The zero-order chi connectivity index (χ0) is 13.8. The first-order chi connectivity index (χ1) is 9.86. The molecule has 0 saturated heterocycles. The van der Waals surface area contributed by atoms with Gasteiger partial charge >= 0.3 is 11.5 Å². The van der Waals surface area contributed by atoms with Crippen LogP contribution in [0.25, 0.3) is 27.4 Å². The highest BCUT2D eigenvalue weighted by Crippen LogP contribution is 2.33. The molecule has 0 bridgehead atoms. The average Bonchev–Trinajstić information content (AvgIpc) is 3.17. The molecule has 2 nitrogen and oxygen atoms in total. The molecule has 0 amide bonds. The third-order valence-corrected chi connectivity index (χ3v) is 4.46. The van der Waals surface area contributed by atoms with Gasteiger partial charge in [0.1, 0.15) is 9.75 Å². The van der Waals surface area contributed by atoms with Crippen LogP contribution in [0.1, 0.15) is 5.56 Å². The highest BCUT2D eigenvalue weighted by molar-refractivity contribution is 7.13. The van der Waals surface area contributed by atoms with Crippen LogP contribution in [0.4, 0.5) is 0 Å². The van der Waals surface area contributed by atoms with Gasteiger partial charge in [-0.05, 0) is 35.0 Å². The van der Waals surface area contributed by atoms with Crippen molar-refractivity contribution in [2.24, 2.45) is 0 Å². The van der Waals surface area contributed by atoms with Crippen LogP contribution in [0.3, 0.4) is 0 Å². The maximum Gasteiger partial charge on any atom is 0.353 e. The Kier molecular flexibility index (Phi) is 3.95. The second kappa shape index (κ2) is 6.03. The van der Waals surface area contributed by atoms with Gasteiger partial charge in [0.2, 0.25) is 0 Å². The fourth-order valence-electron chi connectivity index (χ4n) is 1.81. The molecule has 4 heteroatoms. The van der Waals surface area contributed by atoms with E-state index >= 15 is 0 Å². The van der Waals surface area contributed by atoms with Crippen molar-refractivity contribution in [3.8, 4) is 21.3 Å². The van der Waals surface area contributed by atoms with Crippen molar-refractivity contribution >= 4 is 28.7 Å². The summed E-state index contributed by atoms with van der Waals surface area (Å²) in [6, 6.07) is 12.1. The highest BCUT2D eigenvalue weighted by atomic mass is 32.1. The van der Waals surface area contributed by atoms with Crippen molar-refractivity contribution < 1.29 is 9.15 Å². The molecule has 0 radical (unpaired) electrons. The summed E-state index contributed by atoms with van der Waals surface area (Å²) in [5, 5.41) is 4.08. The van der Waals surface area contributed by atoms with Gasteiger partial charge in [-0.25, -0.2) is 4.42 Å². The van der Waals surface area contributed by atoms with Gasteiger partial charge in [0.25, 0.3) is 0 Å². The van der Waals surface area contributed by atoms with Crippen LogP contribution in [0, 0.1) is 6.26 Å². The van der Waals surface area contributed by atoms with Crippen LogP contribution in [0.2, 0.25) is 0 Å². The fraction of sp³-hybridized carbons (Fsp3) is 0.0625. The molecule has 0 N–H and O–H groups in total. The topological polar surface area (TPSA) is 20.5 Å². The lowest BCUT2D eigenvalue weighted by Crippen LogP contribution is -1.81. The molecular weight excluding hydrogens is 288 g/mol. The lowest BCUT2D eigenvalue weighted by Gasteiger charge is -2.02. The molecule has 20 heavy (non-hydrogen) atoms. The van der Waals surface area contributed by atoms with Crippen LogP contribution in [-0.4, -0.2) is 7.11 Å². The van der Waals surface area contributed by atoms with E-state index in [1.54, 1.807) is 29.8 Å². The quantitative estimate of drug-likeness (QED) is 0.363. The first kappa shape index (κ1) is 13.1. The van der Waals surface area contributed by atoms with Crippen molar-refractivity contribution in [2.75, 3.05) is 7.11 Å². The van der Waals surface area contributed by atoms with Gasteiger partial charge in [-0.15, -0.1) is 22.7 Å². The summed E-state index contributed by atoms with van der Waals surface area (Å²) in [4.78, 5) is 2.21. The summed E-state index contributed by atoms with van der Waals surface area (Å²) in [6.07, 6.45) is 4.56. The number of thiophene rings is 2. The smallest absolute Gasteiger partial charge is 0.353 e.